The maximum atomic E-state index is 13.0. The van der Waals surface area contributed by atoms with Crippen LogP contribution < -0.4 is 5.73 Å². The fourth-order valence-electron chi connectivity index (χ4n) is 3.76. The van der Waals surface area contributed by atoms with E-state index in [1.165, 1.54) is 64.2 Å². The topological polar surface area (TPSA) is 69.4 Å². The molecule has 0 amide bonds. The summed E-state index contributed by atoms with van der Waals surface area (Å²) in [5.41, 5.74) is 4.64. The lowest BCUT2D eigenvalue weighted by Crippen LogP contribution is -2.40. The first kappa shape index (κ1) is 29.3. The number of carbonyl (C=O) groups excluding carboxylic acids is 2. The molecule has 0 aromatic rings. The van der Waals surface area contributed by atoms with E-state index in [0.29, 0.717) is 25.2 Å². The normalized spacial score (nSPS) is 15.0. The molecule has 2 unspecified atom stereocenters. The molecule has 30 heavy (non-hydrogen) atoms. The summed E-state index contributed by atoms with van der Waals surface area (Å²) in [6, 6.07) is 0. The Bertz CT molecular complexity index is 446. The van der Waals surface area contributed by atoms with Crippen molar-refractivity contribution in [1.29, 1.82) is 0 Å². The molecule has 0 aromatic heterocycles. The Morgan fingerprint density at radius 2 is 1.37 bits per heavy atom. The molecule has 0 aliphatic rings. The maximum absolute atomic E-state index is 13.0. The van der Waals surface area contributed by atoms with E-state index in [9.17, 15) is 9.59 Å². The first-order valence-electron chi connectivity index (χ1n) is 12.6. The summed E-state index contributed by atoms with van der Waals surface area (Å²) >= 11 is 0. The molecule has 178 valence electrons. The van der Waals surface area contributed by atoms with Crippen molar-refractivity contribution in [1.82, 2.24) is 0 Å². The van der Waals surface area contributed by atoms with E-state index >= 15 is 0 Å². The van der Waals surface area contributed by atoms with Gasteiger partial charge in [-0.2, -0.15) is 0 Å². The molecule has 4 heteroatoms. The first-order valence-corrected chi connectivity index (χ1v) is 12.6. The number of rotatable bonds is 21. The summed E-state index contributed by atoms with van der Waals surface area (Å²) in [5, 5.41) is 0. The van der Waals surface area contributed by atoms with E-state index in [1.807, 2.05) is 13.8 Å². The molecule has 0 aliphatic carbocycles. The monoisotopic (exact) mass is 425 g/mol. The minimum Gasteiger partial charge on any atom is -0.375 e. The Balaban J connectivity index is 4.44. The van der Waals surface area contributed by atoms with Crippen molar-refractivity contribution in [3.05, 3.63) is 0 Å². The molecule has 0 saturated carbocycles. The summed E-state index contributed by atoms with van der Waals surface area (Å²) < 4.78 is 5.96. The lowest BCUT2D eigenvalue weighted by atomic mass is 9.87. The molecule has 0 aliphatic heterocycles. The number of ether oxygens (including phenoxy) is 1. The largest absolute Gasteiger partial charge is 0.375 e. The molecule has 4 nitrogen and oxygen atoms in total. The molecule has 0 fully saturated rings. The molecule has 0 heterocycles. The van der Waals surface area contributed by atoms with E-state index < -0.39 is 5.54 Å². The molecule has 0 aromatic carbocycles. The fraction of sp³-hybridized carbons (Fsp3) is 0.923. The number of unbranched alkanes of at least 4 members (excludes halogenated alkanes) is 8. The highest BCUT2D eigenvalue weighted by Gasteiger charge is 2.25. The van der Waals surface area contributed by atoms with Crippen LogP contribution in [0.4, 0.5) is 0 Å². The van der Waals surface area contributed by atoms with Crippen molar-refractivity contribution in [2.24, 2.45) is 11.7 Å². The Morgan fingerprint density at radius 1 is 0.867 bits per heavy atom. The standard InChI is InChI=1S/C26H51NO3/c1-6-8-10-12-13-15-17-23(16-14-11-9-7-2)24(29)18-19-25(3,4)30-21-20-26(5,27)22-28/h22-23H,6-21,27H2,1-5H3. The summed E-state index contributed by atoms with van der Waals surface area (Å²) in [7, 11) is 0. The van der Waals surface area contributed by atoms with Gasteiger partial charge in [-0.25, -0.2) is 0 Å². The summed E-state index contributed by atoms with van der Waals surface area (Å²) in [5.74, 6) is 0.625. The molecule has 0 radical (unpaired) electrons. The molecule has 2 N–H and O–H groups in total. The van der Waals surface area contributed by atoms with E-state index in [1.54, 1.807) is 6.92 Å². The van der Waals surface area contributed by atoms with Crippen LogP contribution in [0.1, 0.15) is 131 Å². The average molecular weight is 426 g/mol. The van der Waals surface area contributed by atoms with Gasteiger partial charge in [-0.3, -0.25) is 4.79 Å². The van der Waals surface area contributed by atoms with Crippen LogP contribution in [0, 0.1) is 5.92 Å². The molecule has 0 spiro atoms. The number of ketones is 1. The van der Waals surface area contributed by atoms with Crippen LogP contribution in [0.25, 0.3) is 0 Å². The van der Waals surface area contributed by atoms with Crippen LogP contribution in [0.15, 0.2) is 0 Å². The predicted molar refractivity (Wildman–Crippen MR) is 128 cm³/mol. The third-order valence-electron chi connectivity index (χ3n) is 6.14. The molecule has 0 saturated heterocycles. The predicted octanol–water partition coefficient (Wildman–Crippen LogP) is 6.77. The Kier molecular flexibility index (Phi) is 16.5. The van der Waals surface area contributed by atoms with Crippen molar-refractivity contribution in [2.75, 3.05) is 6.61 Å². The van der Waals surface area contributed by atoms with E-state index in [0.717, 1.165) is 25.5 Å². The Morgan fingerprint density at radius 3 is 1.90 bits per heavy atom. The smallest absolute Gasteiger partial charge is 0.139 e. The Hall–Kier alpha value is -0.740. The van der Waals surface area contributed by atoms with E-state index in [4.69, 9.17) is 10.5 Å². The van der Waals surface area contributed by atoms with Gasteiger partial charge in [0.15, 0.2) is 0 Å². The van der Waals surface area contributed by atoms with E-state index in [2.05, 4.69) is 13.8 Å². The second-order valence-electron chi connectivity index (χ2n) is 10.1. The molecule has 0 bridgehead atoms. The lowest BCUT2D eigenvalue weighted by Gasteiger charge is -2.28. The quantitative estimate of drug-likeness (QED) is 0.163. The number of nitrogens with two attached hydrogens (primary N) is 1. The summed E-state index contributed by atoms with van der Waals surface area (Å²) in [6.07, 6.45) is 17.2. The Labute approximate surface area is 187 Å². The molecular weight excluding hydrogens is 374 g/mol. The van der Waals surface area contributed by atoms with Crippen LogP contribution in [0.2, 0.25) is 0 Å². The van der Waals surface area contributed by atoms with Gasteiger partial charge in [0.05, 0.1) is 11.1 Å². The van der Waals surface area contributed by atoms with Crippen molar-refractivity contribution in [3.8, 4) is 0 Å². The molecule has 2 atom stereocenters. The van der Waals surface area contributed by atoms with Crippen molar-refractivity contribution in [2.45, 2.75) is 142 Å². The maximum Gasteiger partial charge on any atom is 0.139 e. The number of carbonyl (C=O) groups is 2. The zero-order valence-corrected chi connectivity index (χ0v) is 20.8. The minimum absolute atomic E-state index is 0.214. The third-order valence-corrected chi connectivity index (χ3v) is 6.14. The minimum atomic E-state index is -0.841. The van der Waals surface area contributed by atoms with Gasteiger partial charge < -0.3 is 15.3 Å². The van der Waals surface area contributed by atoms with Crippen LogP contribution in [-0.4, -0.2) is 29.8 Å². The highest BCUT2D eigenvalue weighted by molar-refractivity contribution is 5.81. The molecular formula is C26H51NO3. The number of aldehydes is 1. The third kappa shape index (κ3) is 16.0. The van der Waals surface area contributed by atoms with Gasteiger partial charge in [-0.05, 0) is 46.5 Å². The second kappa shape index (κ2) is 16.9. The van der Waals surface area contributed by atoms with Crippen LogP contribution in [0.5, 0.6) is 0 Å². The van der Waals surface area contributed by atoms with Crippen LogP contribution in [0.3, 0.4) is 0 Å². The highest BCUT2D eigenvalue weighted by atomic mass is 16.5. The van der Waals surface area contributed by atoms with Gasteiger partial charge in [0.25, 0.3) is 0 Å². The number of hydrogen-bond acceptors (Lipinski definition) is 4. The number of hydrogen-bond donors (Lipinski definition) is 1. The van der Waals surface area contributed by atoms with Gasteiger partial charge in [-0.15, -0.1) is 0 Å². The highest BCUT2D eigenvalue weighted by Crippen LogP contribution is 2.25. The second-order valence-corrected chi connectivity index (χ2v) is 10.1. The van der Waals surface area contributed by atoms with Gasteiger partial charge >= 0.3 is 0 Å². The van der Waals surface area contributed by atoms with Crippen molar-refractivity contribution >= 4 is 12.1 Å². The molecule has 0 rings (SSSR count). The van der Waals surface area contributed by atoms with E-state index in [-0.39, 0.29) is 11.5 Å². The van der Waals surface area contributed by atoms with Gasteiger partial charge in [0.2, 0.25) is 0 Å². The van der Waals surface area contributed by atoms with Crippen molar-refractivity contribution in [3.63, 3.8) is 0 Å². The van der Waals surface area contributed by atoms with Gasteiger partial charge in [0, 0.05) is 18.9 Å². The summed E-state index contributed by atoms with van der Waals surface area (Å²) in [6.45, 7) is 10.7. The lowest BCUT2D eigenvalue weighted by molar-refractivity contribution is -0.125. The van der Waals surface area contributed by atoms with Crippen molar-refractivity contribution < 1.29 is 14.3 Å². The van der Waals surface area contributed by atoms with Gasteiger partial charge in [-0.1, -0.05) is 78.1 Å². The zero-order chi connectivity index (χ0) is 22.9. The van der Waals surface area contributed by atoms with Gasteiger partial charge in [0.1, 0.15) is 12.1 Å². The fourth-order valence-corrected chi connectivity index (χ4v) is 3.76. The van der Waals surface area contributed by atoms with Crippen LogP contribution in [-0.2, 0) is 14.3 Å². The summed E-state index contributed by atoms with van der Waals surface area (Å²) in [4.78, 5) is 23.9. The average Bonchev–Trinajstić information content (AvgIpc) is 2.70. The first-order chi connectivity index (χ1) is 14.2. The SMILES string of the molecule is CCCCCCCCC(CCCCCC)C(=O)CCC(C)(C)OCCC(C)(N)C=O. The van der Waals surface area contributed by atoms with Crippen LogP contribution >= 0.6 is 0 Å². The number of Topliss-reactive ketones (excluding diaryl/α,β-unsaturated/α-hetero) is 1. The zero-order valence-electron chi connectivity index (χ0n) is 20.8.